The van der Waals surface area contributed by atoms with Crippen molar-refractivity contribution in [3.8, 4) is 11.5 Å². The molecular weight excluding hydrogens is 392 g/mol. The molecule has 0 spiro atoms. The van der Waals surface area contributed by atoms with Gasteiger partial charge in [-0.2, -0.15) is 0 Å². The summed E-state index contributed by atoms with van der Waals surface area (Å²) in [5, 5.41) is 21.4. The number of carbonyl (C=O) groups is 1. The van der Waals surface area contributed by atoms with Crippen LogP contribution in [0.25, 0.3) is 0 Å². The summed E-state index contributed by atoms with van der Waals surface area (Å²) in [7, 11) is 2.00. The van der Waals surface area contributed by atoms with Crippen molar-refractivity contribution in [3.63, 3.8) is 0 Å². The monoisotopic (exact) mass is 414 g/mol. The van der Waals surface area contributed by atoms with Gasteiger partial charge < -0.3 is 19.7 Å². The molecule has 2 aromatic carbocycles. The standard InChI is InChI=1S/C15H10F2O3.C8H13NO/c16-13(17)15(14(18)19)9-5-1-3-7-11(9)20-12-8-4-2-6-10(12)15;1-9-7-3-2-5-8(9,10)6-4-7/h1-8,13H,(H,18,19);2,5,7,10H,3-4,6H2,1H3/p-1/t;7-,8-/m.1/s1. The summed E-state index contributed by atoms with van der Waals surface area (Å²) in [5.74, 6) is -1.62. The largest absolute Gasteiger partial charge is 0.549 e. The van der Waals surface area contributed by atoms with Gasteiger partial charge in [-0.25, -0.2) is 8.78 Å². The lowest BCUT2D eigenvalue weighted by molar-refractivity contribution is -0.316. The number of hydrogen-bond acceptors (Lipinski definition) is 5. The Labute approximate surface area is 173 Å². The number of aliphatic hydroxyl groups is 1. The summed E-state index contributed by atoms with van der Waals surface area (Å²) in [6.45, 7) is 0. The number of halogens is 2. The van der Waals surface area contributed by atoms with E-state index in [2.05, 4.69) is 11.0 Å². The van der Waals surface area contributed by atoms with E-state index in [0.29, 0.717) is 6.04 Å². The normalized spacial score (nSPS) is 25.6. The smallest absolute Gasteiger partial charge is 0.257 e. The second kappa shape index (κ2) is 7.49. The summed E-state index contributed by atoms with van der Waals surface area (Å²) in [6, 6.07) is 12.4. The van der Waals surface area contributed by atoms with Gasteiger partial charge in [-0.3, -0.25) is 4.90 Å². The highest BCUT2D eigenvalue weighted by Crippen LogP contribution is 2.50. The van der Waals surface area contributed by atoms with Crippen LogP contribution in [0.4, 0.5) is 8.78 Å². The van der Waals surface area contributed by atoms with Gasteiger partial charge in [0.05, 0.1) is 5.97 Å². The van der Waals surface area contributed by atoms with Crippen LogP contribution in [0.3, 0.4) is 0 Å². The molecule has 3 heterocycles. The number of alkyl halides is 2. The number of carboxylic acid groups (broad SMARTS) is 1. The molecular formula is C23H22F2NO4-. The number of fused-ring (bicyclic) bond motifs is 4. The van der Waals surface area contributed by atoms with Gasteiger partial charge >= 0.3 is 0 Å². The minimum atomic E-state index is -3.15. The lowest BCUT2D eigenvalue weighted by Crippen LogP contribution is -2.53. The van der Waals surface area contributed by atoms with Gasteiger partial charge in [0.2, 0.25) is 0 Å². The third-order valence-electron chi connectivity index (χ3n) is 6.29. The van der Waals surface area contributed by atoms with Crippen LogP contribution in [0.15, 0.2) is 60.7 Å². The van der Waals surface area contributed by atoms with Crippen LogP contribution in [-0.4, -0.2) is 41.2 Å². The van der Waals surface area contributed by atoms with E-state index in [1.54, 1.807) is 12.1 Å². The topological polar surface area (TPSA) is 72.8 Å². The third-order valence-corrected chi connectivity index (χ3v) is 6.29. The molecule has 2 bridgehead atoms. The van der Waals surface area contributed by atoms with E-state index in [-0.39, 0.29) is 22.6 Å². The Morgan fingerprint density at radius 3 is 2.20 bits per heavy atom. The molecule has 7 heteroatoms. The molecule has 0 saturated carbocycles. The Balaban J connectivity index is 0.000000181. The van der Waals surface area contributed by atoms with Crippen molar-refractivity contribution in [1.29, 1.82) is 0 Å². The fourth-order valence-electron chi connectivity index (χ4n) is 4.53. The SMILES string of the molecule is CN1[C@@H]2CC=C[C@@]1(O)CC2.O=C([O-])C1(C(F)F)c2ccccc2Oc2ccccc21. The lowest BCUT2D eigenvalue weighted by atomic mass is 9.72. The molecule has 0 unspecified atom stereocenters. The lowest BCUT2D eigenvalue weighted by Gasteiger charge is -2.40. The summed E-state index contributed by atoms with van der Waals surface area (Å²) >= 11 is 0. The number of nitrogens with zero attached hydrogens (tertiary/aromatic N) is 1. The minimum Gasteiger partial charge on any atom is -0.549 e. The highest BCUT2D eigenvalue weighted by molar-refractivity contribution is 5.88. The molecule has 1 N–H and O–H groups in total. The van der Waals surface area contributed by atoms with E-state index >= 15 is 0 Å². The second-order valence-electron chi connectivity index (χ2n) is 7.81. The number of benzene rings is 2. The number of likely N-dealkylation sites (N-methyl/N-ethyl adjacent to an activating group) is 1. The summed E-state index contributed by atoms with van der Waals surface area (Å²) in [6.07, 6.45) is 4.02. The zero-order valence-electron chi connectivity index (χ0n) is 16.4. The Hall–Kier alpha value is -2.77. The number of para-hydroxylation sites is 2. The van der Waals surface area contributed by atoms with Gasteiger partial charge in [-0.15, -0.1) is 0 Å². The van der Waals surface area contributed by atoms with Crippen molar-refractivity contribution < 1.29 is 28.5 Å². The van der Waals surface area contributed by atoms with E-state index in [0.717, 1.165) is 19.3 Å². The van der Waals surface area contributed by atoms with Gasteiger partial charge in [-0.1, -0.05) is 42.5 Å². The first kappa shape index (κ1) is 20.5. The minimum absolute atomic E-state index is 0.0892. The second-order valence-corrected chi connectivity index (χ2v) is 7.81. The third kappa shape index (κ3) is 3.00. The molecule has 0 aliphatic carbocycles. The molecule has 3 aliphatic heterocycles. The Kier molecular flexibility index (Phi) is 5.11. The van der Waals surface area contributed by atoms with Crippen LogP contribution in [0, 0.1) is 0 Å². The number of ether oxygens (including phenoxy) is 1. The maximum atomic E-state index is 13.7. The van der Waals surface area contributed by atoms with E-state index in [1.807, 2.05) is 13.1 Å². The zero-order valence-corrected chi connectivity index (χ0v) is 16.4. The van der Waals surface area contributed by atoms with Crippen molar-refractivity contribution >= 4 is 5.97 Å². The van der Waals surface area contributed by atoms with Gasteiger partial charge in [0, 0.05) is 17.2 Å². The molecule has 1 saturated heterocycles. The van der Waals surface area contributed by atoms with Gasteiger partial charge in [0.1, 0.15) is 22.6 Å². The molecule has 2 aromatic rings. The van der Waals surface area contributed by atoms with Crippen LogP contribution in [0.1, 0.15) is 30.4 Å². The summed E-state index contributed by atoms with van der Waals surface area (Å²) in [4.78, 5) is 13.7. The first-order valence-electron chi connectivity index (χ1n) is 9.80. The number of hydrogen-bond donors (Lipinski definition) is 1. The number of aliphatic carboxylic acids is 1. The summed E-state index contributed by atoms with van der Waals surface area (Å²) < 4.78 is 32.9. The Morgan fingerprint density at radius 1 is 1.17 bits per heavy atom. The van der Waals surface area contributed by atoms with Gasteiger partial charge in [-0.05, 0) is 44.5 Å². The van der Waals surface area contributed by atoms with E-state index in [1.165, 1.54) is 36.4 Å². The average molecular weight is 414 g/mol. The van der Waals surface area contributed by atoms with Crippen LogP contribution >= 0.6 is 0 Å². The first-order chi connectivity index (χ1) is 14.3. The predicted octanol–water partition coefficient (Wildman–Crippen LogP) is 2.82. The molecule has 30 heavy (non-hydrogen) atoms. The molecule has 5 nitrogen and oxygen atoms in total. The van der Waals surface area contributed by atoms with Crippen molar-refractivity contribution in [1.82, 2.24) is 4.90 Å². The van der Waals surface area contributed by atoms with Crippen LogP contribution < -0.4 is 9.84 Å². The van der Waals surface area contributed by atoms with E-state index in [4.69, 9.17) is 4.74 Å². The van der Waals surface area contributed by atoms with Gasteiger partial charge in [0.25, 0.3) is 6.43 Å². The number of rotatable bonds is 2. The Bertz CT molecular complexity index is 947. The van der Waals surface area contributed by atoms with Gasteiger partial charge in [0.15, 0.2) is 0 Å². The van der Waals surface area contributed by atoms with Crippen LogP contribution in [0.2, 0.25) is 0 Å². The highest BCUT2D eigenvalue weighted by atomic mass is 19.3. The van der Waals surface area contributed by atoms with Crippen molar-refractivity contribution in [2.75, 3.05) is 7.05 Å². The molecule has 158 valence electrons. The molecule has 0 aromatic heterocycles. The number of carboxylic acids is 1. The zero-order chi connectivity index (χ0) is 21.5. The highest BCUT2D eigenvalue weighted by Gasteiger charge is 2.51. The van der Waals surface area contributed by atoms with Crippen molar-refractivity contribution in [2.24, 2.45) is 0 Å². The van der Waals surface area contributed by atoms with E-state index < -0.39 is 23.5 Å². The van der Waals surface area contributed by atoms with Crippen molar-refractivity contribution in [2.45, 2.75) is 42.9 Å². The number of carbonyl (C=O) groups excluding carboxylic acids is 1. The van der Waals surface area contributed by atoms with Crippen LogP contribution in [-0.2, 0) is 10.2 Å². The fourth-order valence-corrected chi connectivity index (χ4v) is 4.53. The maximum Gasteiger partial charge on any atom is 0.257 e. The first-order valence-corrected chi connectivity index (χ1v) is 9.80. The molecule has 0 amide bonds. The van der Waals surface area contributed by atoms with Crippen molar-refractivity contribution in [3.05, 3.63) is 71.8 Å². The molecule has 5 rings (SSSR count). The quantitative estimate of drug-likeness (QED) is 0.766. The predicted molar refractivity (Wildman–Crippen MR) is 104 cm³/mol. The summed E-state index contributed by atoms with van der Waals surface area (Å²) in [5.41, 5.74) is -3.28. The average Bonchev–Trinajstić information content (AvgIpc) is 2.89. The van der Waals surface area contributed by atoms with Crippen LogP contribution in [0.5, 0.6) is 11.5 Å². The molecule has 1 fully saturated rings. The molecule has 3 aliphatic rings. The fraction of sp³-hybridized carbons (Fsp3) is 0.348. The molecule has 0 radical (unpaired) electrons. The Morgan fingerprint density at radius 2 is 1.73 bits per heavy atom. The molecule has 2 atom stereocenters. The van der Waals surface area contributed by atoms with E-state index in [9.17, 15) is 23.8 Å². The maximum absolute atomic E-state index is 13.7.